The van der Waals surface area contributed by atoms with Gasteiger partial charge in [-0.2, -0.15) is 0 Å². The number of aryl methyl sites for hydroxylation is 2. The lowest BCUT2D eigenvalue weighted by molar-refractivity contribution is 0.0188. The van der Waals surface area contributed by atoms with Crippen molar-refractivity contribution in [3.63, 3.8) is 0 Å². The second-order valence-corrected chi connectivity index (χ2v) is 9.43. The van der Waals surface area contributed by atoms with Crippen LogP contribution in [0.1, 0.15) is 45.2 Å². The maximum absolute atomic E-state index is 13.1. The predicted octanol–water partition coefficient (Wildman–Crippen LogP) is 4.89. The molecule has 1 saturated heterocycles. The third kappa shape index (κ3) is 4.11. The summed E-state index contributed by atoms with van der Waals surface area (Å²) in [5, 5.41) is 0. The first-order valence-electron chi connectivity index (χ1n) is 10.9. The number of benzene rings is 2. The van der Waals surface area contributed by atoms with Gasteiger partial charge in [0.1, 0.15) is 5.60 Å². The highest BCUT2D eigenvalue weighted by atomic mass is 16.6. The van der Waals surface area contributed by atoms with E-state index >= 15 is 0 Å². The zero-order valence-corrected chi connectivity index (χ0v) is 19.0. The Morgan fingerprint density at radius 1 is 1.03 bits per heavy atom. The lowest BCUT2D eigenvalue weighted by Gasteiger charge is -2.33. The van der Waals surface area contributed by atoms with E-state index in [1.807, 2.05) is 44.5 Å². The van der Waals surface area contributed by atoms with Crippen molar-refractivity contribution in [2.24, 2.45) is 7.05 Å². The molecule has 164 valence electrons. The Bertz CT molecular complexity index is 1170. The summed E-state index contributed by atoms with van der Waals surface area (Å²) in [6.07, 6.45) is 1.19. The Morgan fingerprint density at radius 2 is 1.71 bits per heavy atom. The molecule has 6 heteroatoms. The molecule has 0 unspecified atom stereocenters. The Hall–Kier alpha value is -3.02. The standard InChI is InChI=1S/C25H31N3O3/c1-17-8-6-7-9-20(17)18-10-11-21-22(16-18)26(5)23(29)28(21)19-12-14-27(15-13-19)24(30)31-25(2,3)4/h6-11,16,19H,12-15H2,1-5H3. The number of carbonyl (C=O) groups is 1. The Labute approximate surface area is 183 Å². The number of carbonyl (C=O) groups excluding carboxylic acids is 1. The number of ether oxygens (including phenoxy) is 1. The number of hydrogen-bond donors (Lipinski definition) is 0. The number of amides is 1. The van der Waals surface area contributed by atoms with E-state index in [0.717, 1.165) is 29.4 Å². The zero-order valence-electron chi connectivity index (χ0n) is 19.0. The van der Waals surface area contributed by atoms with Crippen LogP contribution in [0.3, 0.4) is 0 Å². The Morgan fingerprint density at radius 3 is 2.35 bits per heavy atom. The van der Waals surface area contributed by atoms with E-state index in [1.54, 1.807) is 9.47 Å². The van der Waals surface area contributed by atoms with E-state index in [2.05, 4.69) is 37.3 Å². The summed E-state index contributed by atoms with van der Waals surface area (Å²) in [7, 11) is 1.83. The summed E-state index contributed by atoms with van der Waals surface area (Å²) in [6, 6.07) is 14.6. The zero-order chi connectivity index (χ0) is 22.3. The number of likely N-dealkylation sites (tertiary alicyclic amines) is 1. The van der Waals surface area contributed by atoms with E-state index < -0.39 is 5.60 Å². The Kier molecular flexibility index (Phi) is 5.42. The largest absolute Gasteiger partial charge is 0.444 e. The maximum atomic E-state index is 13.1. The molecule has 1 aliphatic rings. The summed E-state index contributed by atoms with van der Waals surface area (Å²) in [5.41, 5.74) is 4.86. The normalized spacial score (nSPS) is 15.5. The van der Waals surface area contributed by atoms with Crippen molar-refractivity contribution in [1.29, 1.82) is 0 Å². The van der Waals surface area contributed by atoms with Gasteiger partial charge in [0.05, 0.1) is 11.0 Å². The number of piperidine rings is 1. The summed E-state index contributed by atoms with van der Waals surface area (Å²) in [5.74, 6) is 0. The summed E-state index contributed by atoms with van der Waals surface area (Å²) < 4.78 is 9.14. The summed E-state index contributed by atoms with van der Waals surface area (Å²) in [6.45, 7) is 8.89. The molecule has 0 radical (unpaired) electrons. The summed E-state index contributed by atoms with van der Waals surface area (Å²) in [4.78, 5) is 27.2. The molecule has 0 N–H and O–H groups in total. The van der Waals surface area contributed by atoms with E-state index in [-0.39, 0.29) is 17.8 Å². The van der Waals surface area contributed by atoms with Crippen LogP contribution < -0.4 is 5.69 Å². The van der Waals surface area contributed by atoms with Crippen LogP contribution in [-0.4, -0.2) is 38.8 Å². The number of aromatic nitrogens is 2. The SMILES string of the molecule is Cc1ccccc1-c1ccc2c(c1)n(C)c(=O)n2C1CCN(C(=O)OC(C)(C)C)CC1. The fraction of sp³-hybridized carbons (Fsp3) is 0.440. The first kappa shape index (κ1) is 21.2. The maximum Gasteiger partial charge on any atom is 0.410 e. The van der Waals surface area contributed by atoms with Crippen molar-refractivity contribution in [2.45, 2.75) is 52.2 Å². The molecule has 0 spiro atoms. The van der Waals surface area contributed by atoms with Crippen molar-refractivity contribution in [1.82, 2.24) is 14.0 Å². The predicted molar refractivity (Wildman–Crippen MR) is 123 cm³/mol. The third-order valence-corrected chi connectivity index (χ3v) is 6.03. The van der Waals surface area contributed by atoms with Gasteiger partial charge in [0.2, 0.25) is 0 Å². The molecule has 31 heavy (non-hydrogen) atoms. The van der Waals surface area contributed by atoms with E-state index in [0.29, 0.717) is 13.1 Å². The van der Waals surface area contributed by atoms with Gasteiger partial charge in [-0.1, -0.05) is 30.3 Å². The lowest BCUT2D eigenvalue weighted by Crippen LogP contribution is -2.43. The second kappa shape index (κ2) is 7.91. The Balaban J connectivity index is 1.61. The molecule has 1 amide bonds. The van der Waals surface area contributed by atoms with Gasteiger partial charge in [-0.3, -0.25) is 9.13 Å². The van der Waals surface area contributed by atoms with Gasteiger partial charge in [0.15, 0.2) is 0 Å². The van der Waals surface area contributed by atoms with Crippen LogP contribution in [0, 0.1) is 6.92 Å². The molecule has 0 atom stereocenters. The van der Waals surface area contributed by atoms with E-state index in [4.69, 9.17) is 4.74 Å². The molecule has 6 nitrogen and oxygen atoms in total. The van der Waals surface area contributed by atoms with Crippen molar-refractivity contribution in [3.8, 4) is 11.1 Å². The minimum absolute atomic E-state index is 0.00680. The van der Waals surface area contributed by atoms with Crippen molar-refractivity contribution < 1.29 is 9.53 Å². The van der Waals surface area contributed by atoms with Gasteiger partial charge in [-0.05, 0) is 69.4 Å². The van der Waals surface area contributed by atoms with Crippen LogP contribution >= 0.6 is 0 Å². The monoisotopic (exact) mass is 421 g/mol. The van der Waals surface area contributed by atoms with Crippen LogP contribution in [0.4, 0.5) is 4.79 Å². The molecule has 4 rings (SSSR count). The average Bonchev–Trinajstić information content (AvgIpc) is 2.97. The molecule has 0 saturated carbocycles. The fourth-order valence-electron chi connectivity index (χ4n) is 4.41. The third-order valence-electron chi connectivity index (χ3n) is 6.03. The van der Waals surface area contributed by atoms with Gasteiger partial charge in [-0.25, -0.2) is 9.59 Å². The minimum Gasteiger partial charge on any atom is -0.444 e. The molecular formula is C25H31N3O3. The van der Waals surface area contributed by atoms with Gasteiger partial charge < -0.3 is 9.64 Å². The van der Waals surface area contributed by atoms with E-state index in [9.17, 15) is 9.59 Å². The van der Waals surface area contributed by atoms with Gasteiger partial charge in [-0.15, -0.1) is 0 Å². The topological polar surface area (TPSA) is 56.5 Å². The fourth-order valence-corrected chi connectivity index (χ4v) is 4.41. The number of fused-ring (bicyclic) bond motifs is 1. The molecule has 2 aromatic carbocycles. The van der Waals surface area contributed by atoms with Gasteiger partial charge in [0, 0.05) is 26.2 Å². The van der Waals surface area contributed by atoms with Crippen molar-refractivity contribution >= 4 is 17.1 Å². The average molecular weight is 422 g/mol. The first-order valence-corrected chi connectivity index (χ1v) is 10.9. The molecule has 0 aliphatic carbocycles. The smallest absolute Gasteiger partial charge is 0.410 e. The van der Waals surface area contributed by atoms with Crippen LogP contribution in [0.15, 0.2) is 47.3 Å². The van der Waals surface area contributed by atoms with Crippen molar-refractivity contribution in [2.75, 3.05) is 13.1 Å². The molecule has 2 heterocycles. The van der Waals surface area contributed by atoms with E-state index in [1.165, 1.54) is 11.1 Å². The van der Waals surface area contributed by atoms with Crippen molar-refractivity contribution in [3.05, 3.63) is 58.5 Å². The van der Waals surface area contributed by atoms with Gasteiger partial charge >= 0.3 is 11.8 Å². The second-order valence-electron chi connectivity index (χ2n) is 9.43. The molecule has 1 fully saturated rings. The van der Waals surface area contributed by atoms with Crippen LogP contribution in [0.2, 0.25) is 0 Å². The first-order chi connectivity index (χ1) is 14.7. The molecule has 0 bridgehead atoms. The lowest BCUT2D eigenvalue weighted by atomic mass is 10.00. The number of hydrogen-bond acceptors (Lipinski definition) is 3. The van der Waals surface area contributed by atoms with Gasteiger partial charge in [0.25, 0.3) is 0 Å². The quantitative estimate of drug-likeness (QED) is 0.592. The molecule has 1 aliphatic heterocycles. The highest BCUT2D eigenvalue weighted by Crippen LogP contribution is 2.30. The highest BCUT2D eigenvalue weighted by Gasteiger charge is 2.29. The molecule has 1 aromatic heterocycles. The highest BCUT2D eigenvalue weighted by molar-refractivity contribution is 5.83. The minimum atomic E-state index is -0.505. The van der Waals surface area contributed by atoms with Crippen LogP contribution in [0.5, 0.6) is 0 Å². The van der Waals surface area contributed by atoms with Crippen LogP contribution in [-0.2, 0) is 11.8 Å². The summed E-state index contributed by atoms with van der Waals surface area (Å²) >= 11 is 0. The molecular weight excluding hydrogens is 390 g/mol. The van der Waals surface area contributed by atoms with Crippen LogP contribution in [0.25, 0.3) is 22.2 Å². The molecule has 3 aromatic rings. The number of nitrogens with zero attached hydrogens (tertiary/aromatic N) is 3. The number of imidazole rings is 1. The number of rotatable bonds is 2.